The third kappa shape index (κ3) is 4.74. The zero-order chi connectivity index (χ0) is 13.4. The Hall–Kier alpha value is -0.943. The molecule has 0 bridgehead atoms. The molecule has 1 aromatic carbocycles. The van der Waals surface area contributed by atoms with Gasteiger partial charge in [0.2, 0.25) is 0 Å². The lowest BCUT2D eigenvalue weighted by Crippen LogP contribution is -2.40. The maximum absolute atomic E-state index is 5.68. The molecule has 4 heteroatoms. The first-order chi connectivity index (χ1) is 8.63. The molecule has 0 saturated heterocycles. The van der Waals surface area contributed by atoms with Crippen molar-refractivity contribution >= 4 is 14.9 Å². The summed E-state index contributed by atoms with van der Waals surface area (Å²) in [6, 6.07) is 8.37. The van der Waals surface area contributed by atoms with Crippen molar-refractivity contribution < 1.29 is 13.3 Å². The van der Waals surface area contributed by atoms with Crippen molar-refractivity contribution in [1.29, 1.82) is 0 Å². The summed E-state index contributed by atoms with van der Waals surface area (Å²) in [6.45, 7) is 6.32. The first-order valence-corrected chi connectivity index (χ1v) is 8.31. The van der Waals surface area contributed by atoms with Crippen LogP contribution in [0, 0.1) is 0 Å². The Bertz CT molecular complexity index is 375. The van der Waals surface area contributed by atoms with E-state index in [0.29, 0.717) is 6.61 Å². The quantitative estimate of drug-likeness (QED) is 0.534. The fourth-order valence-electron chi connectivity index (χ4n) is 1.61. The maximum atomic E-state index is 5.68. The Labute approximate surface area is 111 Å². The van der Waals surface area contributed by atoms with Crippen molar-refractivity contribution in [2.75, 3.05) is 20.8 Å². The zero-order valence-electron chi connectivity index (χ0n) is 11.4. The van der Waals surface area contributed by atoms with Gasteiger partial charge in [-0.2, -0.15) is 0 Å². The van der Waals surface area contributed by atoms with Crippen molar-refractivity contribution in [3.8, 4) is 0 Å². The fourth-order valence-corrected chi connectivity index (χ4v) is 2.53. The zero-order valence-corrected chi connectivity index (χ0v) is 12.4. The van der Waals surface area contributed by atoms with Crippen LogP contribution < -0.4 is 0 Å². The van der Waals surface area contributed by atoms with Gasteiger partial charge in [0.25, 0.3) is 0 Å². The third-order valence-corrected chi connectivity index (χ3v) is 5.11. The van der Waals surface area contributed by atoms with E-state index in [-0.39, 0.29) is 0 Å². The highest BCUT2D eigenvalue weighted by Crippen LogP contribution is 2.11. The second-order valence-corrected chi connectivity index (χ2v) is 7.00. The molecular formula is C14H22O3Si. The van der Waals surface area contributed by atoms with Gasteiger partial charge < -0.3 is 13.3 Å². The fraction of sp³-hybridized carbons (Fsp3) is 0.429. The van der Waals surface area contributed by atoms with Gasteiger partial charge in [-0.05, 0) is 24.0 Å². The first kappa shape index (κ1) is 15.1. The van der Waals surface area contributed by atoms with Crippen LogP contribution in [-0.2, 0) is 19.7 Å². The van der Waals surface area contributed by atoms with E-state index >= 15 is 0 Å². The molecule has 3 nitrogen and oxygen atoms in total. The lowest BCUT2D eigenvalue weighted by Gasteiger charge is -2.21. The van der Waals surface area contributed by atoms with E-state index in [4.69, 9.17) is 13.3 Å². The van der Waals surface area contributed by atoms with Gasteiger partial charge in [-0.25, -0.2) is 0 Å². The van der Waals surface area contributed by atoms with E-state index in [9.17, 15) is 0 Å². The Kier molecular flexibility index (Phi) is 6.28. The van der Waals surface area contributed by atoms with Gasteiger partial charge in [0.05, 0.1) is 0 Å². The van der Waals surface area contributed by atoms with Crippen LogP contribution in [0.5, 0.6) is 0 Å². The summed E-state index contributed by atoms with van der Waals surface area (Å²) in [5, 5.41) is 0. The van der Waals surface area contributed by atoms with Gasteiger partial charge in [-0.15, -0.1) is 0 Å². The second kappa shape index (κ2) is 7.48. The summed E-state index contributed by atoms with van der Waals surface area (Å²) < 4.78 is 16.2. The van der Waals surface area contributed by atoms with E-state index in [0.717, 1.165) is 18.4 Å². The van der Waals surface area contributed by atoms with Crippen molar-refractivity contribution in [2.45, 2.75) is 19.4 Å². The highest BCUT2D eigenvalue weighted by molar-refractivity contribution is 6.59. The number of aryl methyl sites for hydroxylation is 1. The minimum atomic E-state index is -2.37. The van der Waals surface area contributed by atoms with Gasteiger partial charge >= 0.3 is 8.80 Å². The van der Waals surface area contributed by atoms with Crippen LogP contribution in [0.4, 0.5) is 0 Å². The minimum absolute atomic E-state index is 0.655. The Morgan fingerprint density at radius 2 is 2.00 bits per heavy atom. The van der Waals surface area contributed by atoms with Crippen molar-refractivity contribution in [3.05, 3.63) is 42.0 Å². The van der Waals surface area contributed by atoms with Crippen molar-refractivity contribution in [2.24, 2.45) is 0 Å². The lowest BCUT2D eigenvalue weighted by atomic mass is 10.1. The van der Waals surface area contributed by atoms with Crippen LogP contribution in [0.15, 0.2) is 30.8 Å². The van der Waals surface area contributed by atoms with Gasteiger partial charge in [0.15, 0.2) is 0 Å². The molecule has 0 unspecified atom stereocenters. The monoisotopic (exact) mass is 266 g/mol. The molecule has 0 aliphatic heterocycles. The SMILES string of the molecule is C=Cc1cccc(CCCO[Si](C)(OC)OC)c1. The lowest BCUT2D eigenvalue weighted by molar-refractivity contribution is 0.105. The average molecular weight is 266 g/mol. The molecule has 0 aliphatic rings. The normalized spacial score (nSPS) is 11.5. The Morgan fingerprint density at radius 3 is 2.61 bits per heavy atom. The van der Waals surface area contributed by atoms with Crippen molar-refractivity contribution in [3.63, 3.8) is 0 Å². The number of benzene rings is 1. The number of rotatable bonds is 8. The summed E-state index contributed by atoms with van der Waals surface area (Å²) >= 11 is 0. The van der Waals surface area contributed by atoms with Crippen LogP contribution in [0.1, 0.15) is 17.5 Å². The Morgan fingerprint density at radius 1 is 1.28 bits per heavy atom. The molecule has 1 aromatic rings. The highest BCUT2D eigenvalue weighted by atomic mass is 28.4. The standard InChI is InChI=1S/C14H22O3Si/c1-5-13-8-6-9-14(12-13)10-7-11-17-18(4,15-2)16-3/h5-6,8-9,12H,1,7,10-11H2,2-4H3. The summed E-state index contributed by atoms with van der Waals surface area (Å²) in [5.74, 6) is 0. The largest absolute Gasteiger partial charge is 0.497 e. The van der Waals surface area contributed by atoms with Crippen LogP contribution in [0.3, 0.4) is 0 Å². The summed E-state index contributed by atoms with van der Waals surface area (Å²) in [4.78, 5) is 0. The molecule has 1 rings (SSSR count). The molecule has 18 heavy (non-hydrogen) atoms. The molecule has 0 saturated carbocycles. The molecule has 0 radical (unpaired) electrons. The molecule has 0 fully saturated rings. The van der Waals surface area contributed by atoms with Crippen LogP contribution in [0.2, 0.25) is 6.55 Å². The summed E-state index contributed by atoms with van der Waals surface area (Å²) in [6.07, 6.45) is 3.80. The predicted octanol–water partition coefficient (Wildman–Crippen LogP) is 3.14. The number of hydrogen-bond acceptors (Lipinski definition) is 3. The van der Waals surface area contributed by atoms with E-state index in [1.165, 1.54) is 5.56 Å². The average Bonchev–Trinajstić information content (AvgIpc) is 2.43. The molecule has 100 valence electrons. The molecule has 0 aliphatic carbocycles. The smallest absolute Gasteiger partial charge is 0.377 e. The van der Waals surface area contributed by atoms with E-state index in [1.807, 2.05) is 18.7 Å². The van der Waals surface area contributed by atoms with Gasteiger partial charge in [-0.3, -0.25) is 0 Å². The van der Waals surface area contributed by atoms with Gasteiger partial charge in [0.1, 0.15) is 0 Å². The topological polar surface area (TPSA) is 27.7 Å². The van der Waals surface area contributed by atoms with E-state index in [2.05, 4.69) is 24.8 Å². The van der Waals surface area contributed by atoms with Crippen molar-refractivity contribution in [1.82, 2.24) is 0 Å². The minimum Gasteiger partial charge on any atom is -0.377 e. The molecule has 0 atom stereocenters. The summed E-state index contributed by atoms with van der Waals surface area (Å²) in [7, 11) is 0.887. The van der Waals surface area contributed by atoms with Gasteiger partial charge in [0, 0.05) is 27.4 Å². The Balaban J connectivity index is 2.35. The van der Waals surface area contributed by atoms with E-state index < -0.39 is 8.80 Å². The van der Waals surface area contributed by atoms with Crippen LogP contribution >= 0.6 is 0 Å². The molecule has 0 spiro atoms. The third-order valence-electron chi connectivity index (χ3n) is 2.90. The maximum Gasteiger partial charge on any atom is 0.497 e. The summed E-state index contributed by atoms with van der Waals surface area (Å²) in [5.41, 5.74) is 2.45. The van der Waals surface area contributed by atoms with E-state index in [1.54, 1.807) is 14.2 Å². The number of hydrogen-bond donors (Lipinski definition) is 0. The molecule has 0 aromatic heterocycles. The van der Waals surface area contributed by atoms with Crippen LogP contribution in [-0.4, -0.2) is 29.6 Å². The first-order valence-electron chi connectivity index (χ1n) is 6.09. The van der Waals surface area contributed by atoms with Crippen LogP contribution in [0.25, 0.3) is 6.08 Å². The second-order valence-electron chi connectivity index (χ2n) is 4.17. The molecule has 0 N–H and O–H groups in total. The molecule has 0 amide bonds. The predicted molar refractivity (Wildman–Crippen MR) is 76.4 cm³/mol. The highest BCUT2D eigenvalue weighted by Gasteiger charge is 2.31. The molecule has 0 heterocycles. The molecular weight excluding hydrogens is 244 g/mol. The van der Waals surface area contributed by atoms with Gasteiger partial charge in [-0.1, -0.05) is 36.9 Å².